The molecule has 1 saturated heterocycles. The molecule has 16 nitrogen and oxygen atoms in total. The maximum Gasteiger partial charge on any atom is 0.373 e. The van der Waals surface area contributed by atoms with Crippen molar-refractivity contribution in [3.8, 4) is 5.75 Å². The SMILES string of the molecule is CCO.CN1CCNCC1.CNC.COc1c(C)c(C)c2c(C)c(N(C)C)c(C)c(C)c2c1C.Cc1c(C)c(C)c2c(C)c(Br)c(C)c(C)c2c1C.Cc1c(C)c(C)c2c(C)c(N(C)C)c(C)c(C)c2c1C.Cc1c(N(C)C)c(C)c2c(C)c(C)c(C=C3C(=O)c4cc5ccccc5cc4C3=O)c(C)c2c1C.O=C1CC(=O)c2cc3ccccc3cc21.O=C=O.O=C=O. The first kappa shape index (κ1) is 106. The zero-order valence-electron chi connectivity index (χ0n) is 83.5. The van der Waals surface area contributed by atoms with Gasteiger partial charge in [0.2, 0.25) is 0 Å². The van der Waals surface area contributed by atoms with Gasteiger partial charge in [-0.25, -0.2) is 0 Å². The Hall–Kier alpha value is -11.1. The van der Waals surface area contributed by atoms with Crippen LogP contribution >= 0.6 is 15.9 Å². The molecule has 3 aliphatic rings. The first-order valence-electron chi connectivity index (χ1n) is 43.8. The molecule has 0 atom stereocenters. The molecule has 0 radical (unpaired) electrons. The van der Waals surface area contributed by atoms with Crippen molar-refractivity contribution in [1.29, 1.82) is 0 Å². The van der Waals surface area contributed by atoms with Crippen LogP contribution in [0.15, 0.2) is 82.8 Å². The second-order valence-corrected chi connectivity index (χ2v) is 35.8. The van der Waals surface area contributed by atoms with Crippen LogP contribution in [-0.4, -0.2) is 149 Å². The van der Waals surface area contributed by atoms with Gasteiger partial charge in [-0.2, -0.15) is 19.2 Å². The second-order valence-electron chi connectivity index (χ2n) is 35.0. The fourth-order valence-electron chi connectivity index (χ4n) is 19.4. The molecule has 2 aliphatic carbocycles. The van der Waals surface area contributed by atoms with Crippen molar-refractivity contribution in [3.05, 3.63) is 255 Å². The number of carbonyl (C=O) groups excluding carboxylic acids is 8. The minimum atomic E-state index is -0.181. The molecule has 128 heavy (non-hydrogen) atoms. The molecule has 0 amide bonds. The number of anilines is 3. The lowest BCUT2D eigenvalue weighted by Gasteiger charge is -2.26. The van der Waals surface area contributed by atoms with Crippen LogP contribution in [0.25, 0.3) is 70.7 Å². The number of aliphatic hydroxyl groups excluding tert-OH is 1. The van der Waals surface area contributed by atoms with E-state index in [0.29, 0.717) is 22.3 Å². The number of likely N-dealkylation sites (N-methyl/N-ethyl adjacent to an activating group) is 1. The number of nitrogens with zero attached hydrogens (tertiary/aromatic N) is 4. The number of aliphatic hydroxyl groups is 1. The molecule has 17 heteroatoms. The molecule has 15 rings (SSSR count). The van der Waals surface area contributed by atoms with Crippen LogP contribution in [0, 0.1) is 180 Å². The standard InChI is InChI=1S/C32H31NO2.C19H27NO.C19H27N.C17H21Br.C13H8O2.C5H12N2.C2H7N.C2H6O.2CO2/c1-16-17(2)29-21(6)30(33(7)8)19(4)18(3)28(29)20(5)24(16)15-27-31(34)25-13-22-11-9-10-12-23(22)14-26(25)32(27)35;1-10-12(3)18(20(7)8)14(5)16-11(2)13(4)19(21-9)15(6)17(10)16;1-10-11(2)13(4)18-16(7)19(20(8)9)15(6)14(5)17(18)12(10)3;1-8-9(2)11(4)16-14(7)17(18)13(6)12(5)15(16)10(8)3;14-12-7-13(15)11-6-9-4-2-1-3-8(9)5-10(11)12;1-7-4-2-6-3-5-7;1-3-2;1-2-3;2*2-1-3/h9-15H,1-8H3;1-9H3;1-9H3;1-7H3;1-6H,7H2;6H,2-5H2,1H3;3H,1-2H3;3H,2H2,1H3;;. The largest absolute Gasteiger partial charge is 0.496 e. The Labute approximate surface area is 770 Å². The lowest BCUT2D eigenvalue weighted by molar-refractivity contribution is -0.193. The third-order valence-electron chi connectivity index (χ3n) is 26.9. The molecule has 1 fully saturated rings. The summed E-state index contributed by atoms with van der Waals surface area (Å²) in [7, 11) is 20.4. The first-order chi connectivity index (χ1) is 60.1. The third-order valence-corrected chi connectivity index (χ3v) is 28.1. The molecule has 0 saturated carbocycles. The van der Waals surface area contributed by atoms with Crippen molar-refractivity contribution >= 4 is 139 Å². The highest BCUT2D eigenvalue weighted by molar-refractivity contribution is 9.10. The molecular weight excluding hydrogens is 1660 g/mol. The molecule has 1 heterocycles. The summed E-state index contributed by atoms with van der Waals surface area (Å²) < 4.78 is 6.93. The van der Waals surface area contributed by atoms with Gasteiger partial charge in [-0.15, -0.1) is 0 Å². The minimum absolute atomic E-state index is 0.0334. The maximum atomic E-state index is 13.4. The van der Waals surface area contributed by atoms with Crippen molar-refractivity contribution in [2.45, 2.75) is 193 Å². The van der Waals surface area contributed by atoms with E-state index in [1.54, 1.807) is 14.0 Å². The fourth-order valence-corrected chi connectivity index (χ4v) is 19.9. The highest BCUT2D eigenvalue weighted by Crippen LogP contribution is 2.47. The van der Waals surface area contributed by atoms with E-state index < -0.39 is 0 Å². The molecule has 12 aromatic carbocycles. The van der Waals surface area contributed by atoms with Crippen LogP contribution in [-0.2, 0) is 19.2 Å². The van der Waals surface area contributed by atoms with Crippen LogP contribution < -0.4 is 30.1 Å². The van der Waals surface area contributed by atoms with E-state index in [2.05, 4.69) is 276 Å². The Morgan fingerprint density at radius 3 is 0.930 bits per heavy atom. The normalized spacial score (nSPS) is 12.3. The van der Waals surface area contributed by atoms with Gasteiger partial charge >= 0.3 is 12.3 Å². The van der Waals surface area contributed by atoms with Crippen LogP contribution in [0.3, 0.4) is 0 Å². The number of fused-ring (bicyclic) bond motifs is 8. The smallest absolute Gasteiger partial charge is 0.373 e. The van der Waals surface area contributed by atoms with E-state index in [4.69, 9.17) is 29.0 Å². The van der Waals surface area contributed by atoms with E-state index in [1.807, 2.05) is 93.0 Å². The summed E-state index contributed by atoms with van der Waals surface area (Å²) in [5, 5.41) is 28.6. The molecule has 0 bridgehead atoms. The Balaban J connectivity index is 0.000000240. The monoisotopic (exact) mass is 1790 g/mol. The van der Waals surface area contributed by atoms with Crippen LogP contribution in [0.1, 0.15) is 205 Å². The number of piperazine rings is 1. The average molecular weight is 1800 g/mol. The predicted octanol–water partition coefficient (Wildman–Crippen LogP) is 23.8. The number of Topliss-reactive ketones (excluding diaryl/α,β-unsaturated/α-hetero) is 4. The van der Waals surface area contributed by atoms with Crippen LogP contribution in [0.5, 0.6) is 5.75 Å². The number of hydrogen-bond donors (Lipinski definition) is 3. The van der Waals surface area contributed by atoms with Crippen molar-refractivity contribution in [3.63, 3.8) is 0 Å². The predicted molar refractivity (Wildman–Crippen MR) is 542 cm³/mol. The lowest BCUT2D eigenvalue weighted by atomic mass is 9.83. The zero-order chi connectivity index (χ0) is 96.9. The summed E-state index contributed by atoms with van der Waals surface area (Å²) in [6.07, 6.45) is 2.38. The Bertz CT molecular complexity index is 6200. The number of ether oxygens (including phenoxy) is 1. The lowest BCUT2D eigenvalue weighted by Crippen LogP contribution is -2.40. The summed E-state index contributed by atoms with van der Waals surface area (Å²) in [5.74, 6) is 0.555. The number of hydrogen-bond acceptors (Lipinski definition) is 16. The summed E-state index contributed by atoms with van der Waals surface area (Å²) in [5.41, 5.74) is 42.4. The van der Waals surface area contributed by atoms with Gasteiger partial charge in [-0.05, 0) is 453 Å². The van der Waals surface area contributed by atoms with Crippen molar-refractivity contribution in [1.82, 2.24) is 15.5 Å². The molecule has 1 aliphatic heterocycles. The number of benzene rings is 12. The van der Waals surface area contributed by atoms with E-state index in [9.17, 15) is 19.2 Å². The van der Waals surface area contributed by atoms with Gasteiger partial charge in [-0.3, -0.25) is 19.2 Å². The van der Waals surface area contributed by atoms with Gasteiger partial charge < -0.3 is 40.1 Å². The minimum Gasteiger partial charge on any atom is -0.496 e. The van der Waals surface area contributed by atoms with Gasteiger partial charge in [0.15, 0.2) is 23.1 Å². The molecule has 0 aromatic heterocycles. The first-order valence-corrected chi connectivity index (χ1v) is 44.6. The quantitative estimate of drug-likeness (QED) is 0.0833. The Morgan fingerprint density at radius 2 is 0.641 bits per heavy atom. The Morgan fingerprint density at radius 1 is 0.391 bits per heavy atom. The number of rotatable bonds is 5. The maximum absolute atomic E-state index is 13.4. The zero-order valence-corrected chi connectivity index (χ0v) is 85.1. The molecule has 0 unspecified atom stereocenters. The third kappa shape index (κ3) is 21.2. The van der Waals surface area contributed by atoms with Crippen molar-refractivity contribution in [2.24, 2.45) is 0 Å². The summed E-state index contributed by atoms with van der Waals surface area (Å²) in [6, 6.07) is 23.0. The topological polar surface area (TPSA) is 203 Å². The average Bonchev–Trinajstić information content (AvgIpc) is 1.08. The number of aryl methyl sites for hydroxylation is 16. The second kappa shape index (κ2) is 45.2. The molecule has 0 spiro atoms. The molecule has 12 aromatic rings. The molecular formula is C111H139BrN6O10. The highest BCUT2D eigenvalue weighted by Gasteiger charge is 2.35. The van der Waals surface area contributed by atoms with Gasteiger partial charge in [-0.1, -0.05) is 64.5 Å². The number of ketones is 4. The Kier molecular flexibility index (Phi) is 37.4. The van der Waals surface area contributed by atoms with Crippen molar-refractivity contribution in [2.75, 3.05) is 118 Å². The molecule has 680 valence electrons. The fraction of sp³-hybridized carbons (Fsp3) is 0.387. The van der Waals surface area contributed by atoms with Gasteiger partial charge in [0.1, 0.15) is 5.75 Å². The molecule has 3 N–H and O–H groups in total. The number of nitrogens with one attached hydrogen (secondary N) is 2. The van der Waals surface area contributed by atoms with E-state index >= 15 is 0 Å². The van der Waals surface area contributed by atoms with Gasteiger partial charge in [0, 0.05) is 119 Å². The van der Waals surface area contributed by atoms with Gasteiger partial charge in [0.25, 0.3) is 0 Å². The van der Waals surface area contributed by atoms with E-state index in [-0.39, 0.29) is 54.0 Å². The number of methoxy groups -OCH3 is 1. The van der Waals surface area contributed by atoms with Gasteiger partial charge in [0.05, 0.1) is 19.1 Å². The van der Waals surface area contributed by atoms with E-state index in [1.165, 1.54) is 211 Å². The van der Waals surface area contributed by atoms with Crippen molar-refractivity contribution < 1.29 is 48.2 Å². The van der Waals surface area contributed by atoms with E-state index in [0.717, 1.165) is 57.1 Å². The highest BCUT2D eigenvalue weighted by atomic mass is 79.9. The summed E-state index contributed by atoms with van der Waals surface area (Å²) >= 11 is 3.75. The number of carbonyl (C=O) groups is 4. The van der Waals surface area contributed by atoms with Crippen LogP contribution in [0.4, 0.5) is 17.1 Å². The number of allylic oxidation sites excluding steroid dienone is 1. The number of halogens is 1. The van der Waals surface area contributed by atoms with Crippen LogP contribution in [0.2, 0.25) is 0 Å². The summed E-state index contributed by atoms with van der Waals surface area (Å²) in [4.78, 5) is 91.3. The summed E-state index contributed by atoms with van der Waals surface area (Å²) in [6.45, 7) is 64.3.